The molecule has 0 spiro atoms. The Kier molecular flexibility index (Phi) is 6.89. The smallest absolute Gasteiger partial charge is 0.419 e. The van der Waals surface area contributed by atoms with E-state index in [4.69, 9.17) is 9.47 Å². The third-order valence-electron chi connectivity index (χ3n) is 7.82. The largest absolute Gasteiger partial charge is 0.452 e. The Morgan fingerprint density at radius 2 is 1.15 bits per heavy atom. The van der Waals surface area contributed by atoms with E-state index in [2.05, 4.69) is 79.2 Å². The zero-order valence-corrected chi connectivity index (χ0v) is 21.9. The molecule has 2 amide bonds. The highest BCUT2D eigenvalue weighted by Crippen LogP contribution is 2.46. The Bertz CT molecular complexity index is 1440. The number of carbonyl (C=O) groups is 2. The third kappa shape index (κ3) is 4.59. The van der Waals surface area contributed by atoms with Crippen LogP contribution in [0.1, 0.15) is 46.9 Å². The van der Waals surface area contributed by atoms with Crippen LogP contribution in [0, 0.1) is 6.42 Å². The molecular formula is C34H30NO4. The second-order valence-corrected chi connectivity index (χ2v) is 9.96. The molecule has 0 bridgehead atoms. The number of rotatable bonds is 7. The van der Waals surface area contributed by atoms with Crippen molar-refractivity contribution < 1.29 is 19.1 Å². The van der Waals surface area contributed by atoms with E-state index in [1.54, 1.807) is 0 Å². The van der Waals surface area contributed by atoms with Crippen molar-refractivity contribution in [3.63, 3.8) is 0 Å². The highest BCUT2D eigenvalue weighted by atomic mass is 16.6. The molecule has 0 aromatic heterocycles. The number of fused-ring (bicyclic) bond motifs is 6. The van der Waals surface area contributed by atoms with E-state index < -0.39 is 12.2 Å². The summed E-state index contributed by atoms with van der Waals surface area (Å²) in [7, 11) is 1.28. The standard InChI is InChI=1S/C34H30NO4/c1-38-33(36)35(21-11-10-20-27-25-14-4-2-12-23(25)24-13-3-5-15-26(24)27)34(37)39-22-32-30-18-8-6-16-28(30)29-17-7-9-19-31(29)32/h2-9,12-20,27,32H,10-11,21-22H2,1H3. The molecule has 2 aliphatic carbocycles. The number of methoxy groups -OCH3 is 1. The molecule has 6 rings (SSSR count). The monoisotopic (exact) mass is 516 g/mol. The molecule has 4 aromatic carbocycles. The Morgan fingerprint density at radius 1 is 0.692 bits per heavy atom. The lowest BCUT2D eigenvalue weighted by Crippen LogP contribution is -2.38. The maximum absolute atomic E-state index is 13.1. The van der Waals surface area contributed by atoms with Gasteiger partial charge in [0.1, 0.15) is 6.61 Å². The van der Waals surface area contributed by atoms with Crippen LogP contribution in [-0.4, -0.2) is 37.3 Å². The van der Waals surface area contributed by atoms with E-state index in [1.807, 2.05) is 24.3 Å². The van der Waals surface area contributed by atoms with Crippen molar-refractivity contribution in [2.24, 2.45) is 0 Å². The highest BCUT2D eigenvalue weighted by molar-refractivity contribution is 5.88. The number of nitrogens with zero attached hydrogens (tertiary/aromatic N) is 1. The molecule has 5 nitrogen and oxygen atoms in total. The average molecular weight is 517 g/mol. The average Bonchev–Trinajstić information content (AvgIpc) is 3.48. The molecule has 0 fully saturated rings. The minimum Gasteiger partial charge on any atom is -0.452 e. The maximum atomic E-state index is 13.1. The fourth-order valence-electron chi connectivity index (χ4n) is 6.02. The number of ether oxygens (including phenoxy) is 2. The zero-order valence-electron chi connectivity index (χ0n) is 21.9. The normalized spacial score (nSPS) is 13.3. The van der Waals surface area contributed by atoms with Gasteiger partial charge in [-0.1, -0.05) is 97.1 Å². The van der Waals surface area contributed by atoms with Crippen LogP contribution in [0.25, 0.3) is 22.3 Å². The lowest BCUT2D eigenvalue weighted by Gasteiger charge is -2.21. The summed E-state index contributed by atoms with van der Waals surface area (Å²) in [6, 6.07) is 33.3. The second-order valence-electron chi connectivity index (χ2n) is 9.96. The van der Waals surface area contributed by atoms with Gasteiger partial charge < -0.3 is 9.47 Å². The first-order valence-electron chi connectivity index (χ1n) is 13.4. The van der Waals surface area contributed by atoms with Gasteiger partial charge in [0.2, 0.25) is 0 Å². The molecule has 0 saturated carbocycles. The van der Waals surface area contributed by atoms with Crippen molar-refractivity contribution in [3.05, 3.63) is 126 Å². The van der Waals surface area contributed by atoms with Gasteiger partial charge in [0.15, 0.2) is 0 Å². The molecule has 0 aliphatic heterocycles. The van der Waals surface area contributed by atoms with Crippen LogP contribution in [0.5, 0.6) is 0 Å². The quantitative estimate of drug-likeness (QED) is 0.235. The maximum Gasteiger partial charge on any atom is 0.419 e. The van der Waals surface area contributed by atoms with E-state index in [0.29, 0.717) is 6.42 Å². The van der Waals surface area contributed by atoms with Crippen LogP contribution in [0.4, 0.5) is 9.59 Å². The summed E-state index contributed by atoms with van der Waals surface area (Å²) >= 11 is 0. The number of hydrogen-bond donors (Lipinski definition) is 0. The van der Waals surface area contributed by atoms with Crippen molar-refractivity contribution in [2.75, 3.05) is 20.3 Å². The fraction of sp³-hybridized carbons (Fsp3) is 0.206. The lowest BCUT2D eigenvalue weighted by atomic mass is 9.91. The summed E-state index contributed by atoms with van der Waals surface area (Å²) in [6.45, 7) is 0.373. The first-order valence-corrected chi connectivity index (χ1v) is 13.4. The molecule has 0 unspecified atom stereocenters. The Labute approximate surface area is 229 Å². The van der Waals surface area contributed by atoms with Gasteiger partial charge in [-0.25, -0.2) is 14.5 Å². The number of imide groups is 1. The first-order chi connectivity index (χ1) is 19.2. The molecule has 0 atom stereocenters. The van der Waals surface area contributed by atoms with Crippen LogP contribution < -0.4 is 0 Å². The number of unbranched alkanes of at least 4 members (excludes halogenated alkanes) is 1. The molecule has 2 aliphatic rings. The predicted molar refractivity (Wildman–Crippen MR) is 151 cm³/mol. The number of amides is 2. The van der Waals surface area contributed by atoms with Gasteiger partial charge in [0, 0.05) is 18.4 Å². The molecule has 5 heteroatoms. The summed E-state index contributed by atoms with van der Waals surface area (Å²) in [5.41, 5.74) is 9.69. The molecule has 39 heavy (non-hydrogen) atoms. The number of benzene rings is 4. The van der Waals surface area contributed by atoms with Crippen LogP contribution >= 0.6 is 0 Å². The third-order valence-corrected chi connectivity index (χ3v) is 7.82. The molecule has 195 valence electrons. The molecule has 0 heterocycles. The van der Waals surface area contributed by atoms with Crippen molar-refractivity contribution >= 4 is 12.2 Å². The summed E-state index contributed by atoms with van der Waals surface area (Å²) in [4.78, 5) is 26.7. The molecule has 1 radical (unpaired) electrons. The molecule has 0 N–H and O–H groups in total. The molecular weight excluding hydrogens is 486 g/mol. The summed E-state index contributed by atoms with van der Waals surface area (Å²) in [5.74, 6) is 0.120. The zero-order chi connectivity index (χ0) is 26.8. The van der Waals surface area contributed by atoms with Crippen molar-refractivity contribution in [3.8, 4) is 22.3 Å². The van der Waals surface area contributed by atoms with Crippen LogP contribution in [0.3, 0.4) is 0 Å². The molecule has 4 aromatic rings. The van der Waals surface area contributed by atoms with Crippen molar-refractivity contribution in [2.45, 2.75) is 24.7 Å². The van der Waals surface area contributed by atoms with Gasteiger partial charge in [-0.05, 0) is 63.8 Å². The Hall–Kier alpha value is -4.38. The minimum atomic E-state index is -0.705. The Balaban J connectivity index is 1.09. The number of carbonyl (C=O) groups excluding carboxylic acids is 2. The van der Waals surface area contributed by atoms with Gasteiger partial charge in [0.25, 0.3) is 0 Å². The van der Waals surface area contributed by atoms with Gasteiger partial charge in [-0.15, -0.1) is 0 Å². The first kappa shape index (κ1) is 24.9. The van der Waals surface area contributed by atoms with Gasteiger partial charge >= 0.3 is 12.2 Å². The van der Waals surface area contributed by atoms with Crippen molar-refractivity contribution in [1.29, 1.82) is 0 Å². The minimum absolute atomic E-state index is 0.0725. The van der Waals surface area contributed by atoms with E-state index in [0.717, 1.165) is 33.6 Å². The second kappa shape index (κ2) is 10.8. The predicted octanol–water partition coefficient (Wildman–Crippen LogP) is 7.80. The highest BCUT2D eigenvalue weighted by Gasteiger charge is 2.32. The van der Waals surface area contributed by atoms with Crippen LogP contribution in [-0.2, 0) is 9.47 Å². The van der Waals surface area contributed by atoms with E-state index in [9.17, 15) is 9.59 Å². The molecule has 0 saturated heterocycles. The summed E-state index contributed by atoms with van der Waals surface area (Å²) < 4.78 is 10.6. The van der Waals surface area contributed by atoms with Gasteiger partial charge in [-0.3, -0.25) is 0 Å². The topological polar surface area (TPSA) is 55.8 Å². The Morgan fingerprint density at radius 3 is 1.67 bits per heavy atom. The van der Waals surface area contributed by atoms with E-state index in [1.165, 1.54) is 29.4 Å². The van der Waals surface area contributed by atoms with E-state index in [-0.39, 0.29) is 25.0 Å². The fourth-order valence-corrected chi connectivity index (χ4v) is 6.02. The summed E-state index contributed by atoms with van der Waals surface area (Å²) in [6.07, 6.45) is 2.24. The van der Waals surface area contributed by atoms with Gasteiger partial charge in [0.05, 0.1) is 7.11 Å². The van der Waals surface area contributed by atoms with Gasteiger partial charge in [-0.2, -0.15) is 0 Å². The lowest BCUT2D eigenvalue weighted by molar-refractivity contribution is 0.0841. The number of hydrogen-bond acceptors (Lipinski definition) is 4. The SMILES string of the molecule is COC(=O)N(CCC[CH]C1c2ccccc2-c2ccccc21)C(=O)OCC1c2ccccc2-c2ccccc21. The van der Waals surface area contributed by atoms with Crippen LogP contribution in [0.2, 0.25) is 0 Å². The van der Waals surface area contributed by atoms with Crippen molar-refractivity contribution in [1.82, 2.24) is 4.90 Å². The van der Waals surface area contributed by atoms with Crippen LogP contribution in [0.15, 0.2) is 97.1 Å². The summed E-state index contributed by atoms with van der Waals surface area (Å²) in [5, 5.41) is 0. The van der Waals surface area contributed by atoms with E-state index >= 15 is 0 Å².